The van der Waals surface area contributed by atoms with Crippen LogP contribution in [0, 0.1) is 6.92 Å². The van der Waals surface area contributed by atoms with Crippen LogP contribution in [0.25, 0.3) is 0 Å². The Morgan fingerprint density at radius 1 is 1.04 bits per heavy atom. The molecule has 3 rings (SSSR count). The number of hydrogen-bond donors (Lipinski definition) is 1. The monoisotopic (exact) mass is 348 g/mol. The molecule has 0 saturated heterocycles. The summed E-state index contributed by atoms with van der Waals surface area (Å²) in [6.07, 6.45) is -4.52. The first-order valence-corrected chi connectivity index (χ1v) is 7.52. The molecule has 25 heavy (non-hydrogen) atoms. The molecule has 0 amide bonds. The molecule has 0 bridgehead atoms. The Balaban J connectivity index is 1.82. The Morgan fingerprint density at radius 2 is 1.80 bits per heavy atom. The van der Waals surface area contributed by atoms with Crippen LogP contribution in [0.5, 0.6) is 11.5 Å². The lowest BCUT2D eigenvalue weighted by Crippen LogP contribution is -2.11. The second-order valence-corrected chi connectivity index (χ2v) is 5.40. The Hall–Kier alpha value is -2.96. The van der Waals surface area contributed by atoms with Gasteiger partial charge in [0.1, 0.15) is 23.0 Å². The molecule has 1 aromatic heterocycles. The van der Waals surface area contributed by atoms with E-state index in [0.29, 0.717) is 17.2 Å². The summed E-state index contributed by atoms with van der Waals surface area (Å²) in [7, 11) is 0. The zero-order valence-corrected chi connectivity index (χ0v) is 13.3. The predicted octanol–water partition coefficient (Wildman–Crippen LogP) is 5.41. The van der Waals surface area contributed by atoms with E-state index in [1.165, 1.54) is 12.1 Å². The van der Waals surface area contributed by atoms with Crippen LogP contribution in [-0.2, 0) is 12.7 Å². The molecule has 0 aliphatic rings. The van der Waals surface area contributed by atoms with E-state index in [9.17, 15) is 13.2 Å². The zero-order valence-electron chi connectivity index (χ0n) is 13.3. The summed E-state index contributed by atoms with van der Waals surface area (Å²) in [5.41, 5.74) is -0.329. The first-order valence-electron chi connectivity index (χ1n) is 7.52. The maximum absolute atomic E-state index is 13.4. The number of para-hydroxylation sites is 1. The fourth-order valence-electron chi connectivity index (χ4n) is 2.29. The van der Waals surface area contributed by atoms with Crippen LogP contribution in [0.4, 0.5) is 18.9 Å². The van der Waals surface area contributed by atoms with Crippen molar-refractivity contribution in [2.75, 3.05) is 5.32 Å². The van der Waals surface area contributed by atoms with E-state index in [-0.39, 0.29) is 18.0 Å². The van der Waals surface area contributed by atoms with Crippen LogP contribution in [0.1, 0.15) is 17.0 Å². The number of rotatable bonds is 5. The van der Waals surface area contributed by atoms with E-state index < -0.39 is 11.7 Å². The van der Waals surface area contributed by atoms with Crippen molar-refractivity contribution < 1.29 is 22.4 Å². The van der Waals surface area contributed by atoms with E-state index in [0.717, 1.165) is 6.07 Å². The topological polar surface area (TPSA) is 47.3 Å². The molecule has 1 N–H and O–H groups in total. The molecule has 7 heteroatoms. The van der Waals surface area contributed by atoms with Gasteiger partial charge in [-0.1, -0.05) is 23.4 Å². The van der Waals surface area contributed by atoms with Gasteiger partial charge in [0.25, 0.3) is 0 Å². The van der Waals surface area contributed by atoms with Crippen molar-refractivity contribution in [2.24, 2.45) is 0 Å². The SMILES string of the molecule is Cc1cc(CNc2ccc(Oc3ccccc3)cc2C(F)(F)F)no1. The van der Waals surface area contributed by atoms with Gasteiger partial charge in [-0.2, -0.15) is 13.2 Å². The fraction of sp³-hybridized carbons (Fsp3) is 0.167. The molecule has 0 unspecified atom stereocenters. The molecule has 3 aromatic rings. The summed E-state index contributed by atoms with van der Waals surface area (Å²) in [6.45, 7) is 1.84. The zero-order chi connectivity index (χ0) is 17.9. The summed E-state index contributed by atoms with van der Waals surface area (Å²) in [5.74, 6) is 1.18. The molecular weight excluding hydrogens is 333 g/mol. The highest BCUT2D eigenvalue weighted by Crippen LogP contribution is 2.38. The van der Waals surface area contributed by atoms with E-state index >= 15 is 0 Å². The van der Waals surface area contributed by atoms with Gasteiger partial charge in [0.2, 0.25) is 0 Å². The van der Waals surface area contributed by atoms with E-state index in [1.54, 1.807) is 43.3 Å². The van der Waals surface area contributed by atoms with Gasteiger partial charge in [0.05, 0.1) is 12.1 Å². The number of ether oxygens (including phenoxy) is 1. The molecule has 130 valence electrons. The minimum absolute atomic E-state index is 0.0476. The summed E-state index contributed by atoms with van der Waals surface area (Å²) in [6, 6.07) is 14.1. The van der Waals surface area contributed by atoms with Gasteiger partial charge in [-0.05, 0) is 37.3 Å². The summed E-state index contributed by atoms with van der Waals surface area (Å²) in [5, 5.41) is 6.50. The average molecular weight is 348 g/mol. The lowest BCUT2D eigenvalue weighted by molar-refractivity contribution is -0.137. The number of halogens is 3. The standard InChI is InChI=1S/C18H15F3N2O2/c1-12-9-13(23-25-12)11-22-17-8-7-15(10-16(17)18(19,20)21)24-14-5-3-2-4-6-14/h2-10,22H,11H2,1H3. The molecule has 4 nitrogen and oxygen atoms in total. The van der Waals surface area contributed by atoms with Crippen molar-refractivity contribution in [1.29, 1.82) is 0 Å². The fourth-order valence-corrected chi connectivity index (χ4v) is 2.29. The first-order chi connectivity index (χ1) is 11.9. The molecule has 0 atom stereocenters. The predicted molar refractivity (Wildman–Crippen MR) is 86.5 cm³/mol. The molecule has 0 fully saturated rings. The van der Waals surface area contributed by atoms with Crippen LogP contribution in [-0.4, -0.2) is 5.16 Å². The van der Waals surface area contributed by atoms with Crippen LogP contribution in [0.15, 0.2) is 59.1 Å². The van der Waals surface area contributed by atoms with Crippen LogP contribution in [0.2, 0.25) is 0 Å². The lowest BCUT2D eigenvalue weighted by Gasteiger charge is -2.16. The third-order valence-corrected chi connectivity index (χ3v) is 3.41. The third kappa shape index (κ3) is 4.32. The van der Waals surface area contributed by atoms with Crippen molar-refractivity contribution in [3.63, 3.8) is 0 Å². The Bertz CT molecular complexity index is 845. The molecule has 0 aliphatic carbocycles. The summed E-state index contributed by atoms with van der Waals surface area (Å²) < 4.78 is 50.5. The minimum Gasteiger partial charge on any atom is -0.457 e. The second kappa shape index (κ2) is 6.88. The maximum atomic E-state index is 13.4. The lowest BCUT2D eigenvalue weighted by atomic mass is 10.1. The quantitative estimate of drug-likeness (QED) is 0.670. The molecule has 0 spiro atoms. The Morgan fingerprint density at radius 3 is 2.44 bits per heavy atom. The largest absolute Gasteiger partial charge is 0.457 e. The van der Waals surface area contributed by atoms with Crippen molar-refractivity contribution >= 4 is 5.69 Å². The van der Waals surface area contributed by atoms with Crippen molar-refractivity contribution in [1.82, 2.24) is 5.16 Å². The average Bonchev–Trinajstić information content (AvgIpc) is 2.99. The van der Waals surface area contributed by atoms with Gasteiger partial charge in [-0.25, -0.2) is 0 Å². The minimum atomic E-state index is -4.52. The van der Waals surface area contributed by atoms with Gasteiger partial charge in [0.15, 0.2) is 0 Å². The van der Waals surface area contributed by atoms with Gasteiger partial charge in [-0.15, -0.1) is 0 Å². The highest BCUT2D eigenvalue weighted by Gasteiger charge is 2.34. The summed E-state index contributed by atoms with van der Waals surface area (Å²) in [4.78, 5) is 0. The highest BCUT2D eigenvalue weighted by molar-refractivity contribution is 5.56. The van der Waals surface area contributed by atoms with Crippen molar-refractivity contribution in [2.45, 2.75) is 19.6 Å². The van der Waals surface area contributed by atoms with Crippen molar-refractivity contribution in [3.8, 4) is 11.5 Å². The van der Waals surface area contributed by atoms with Crippen LogP contribution in [0.3, 0.4) is 0 Å². The molecule has 0 saturated carbocycles. The van der Waals surface area contributed by atoms with E-state index in [4.69, 9.17) is 9.26 Å². The third-order valence-electron chi connectivity index (χ3n) is 3.41. The number of alkyl halides is 3. The Kier molecular flexibility index (Phi) is 4.65. The molecule has 2 aromatic carbocycles. The second-order valence-electron chi connectivity index (χ2n) is 5.40. The normalized spacial score (nSPS) is 11.4. The summed E-state index contributed by atoms with van der Waals surface area (Å²) >= 11 is 0. The highest BCUT2D eigenvalue weighted by atomic mass is 19.4. The smallest absolute Gasteiger partial charge is 0.418 e. The number of benzene rings is 2. The number of anilines is 1. The number of aromatic nitrogens is 1. The van der Waals surface area contributed by atoms with Gasteiger partial charge in [-0.3, -0.25) is 0 Å². The van der Waals surface area contributed by atoms with Gasteiger partial charge < -0.3 is 14.6 Å². The van der Waals surface area contributed by atoms with Gasteiger partial charge in [0, 0.05) is 11.8 Å². The molecule has 1 heterocycles. The maximum Gasteiger partial charge on any atom is 0.418 e. The van der Waals surface area contributed by atoms with Crippen LogP contribution >= 0.6 is 0 Å². The number of nitrogens with zero attached hydrogens (tertiary/aromatic N) is 1. The number of aryl methyl sites for hydroxylation is 1. The first kappa shape index (κ1) is 16.9. The molecule has 0 radical (unpaired) electrons. The number of nitrogens with one attached hydrogen (secondary N) is 1. The van der Waals surface area contributed by atoms with Gasteiger partial charge >= 0.3 is 6.18 Å². The Labute approximate surface area is 142 Å². The van der Waals surface area contributed by atoms with Crippen molar-refractivity contribution in [3.05, 3.63) is 71.6 Å². The van der Waals surface area contributed by atoms with E-state index in [1.807, 2.05) is 0 Å². The molecule has 0 aliphatic heterocycles. The van der Waals surface area contributed by atoms with Crippen LogP contribution < -0.4 is 10.1 Å². The van der Waals surface area contributed by atoms with E-state index in [2.05, 4.69) is 10.5 Å². The molecular formula is C18H15F3N2O2. The number of hydrogen-bond acceptors (Lipinski definition) is 4.